The summed E-state index contributed by atoms with van der Waals surface area (Å²) in [5.41, 5.74) is 1.07. The molecule has 134 valence electrons. The minimum absolute atomic E-state index is 0.00758. The molecule has 2 aromatic rings. The molecule has 0 unspecified atom stereocenters. The zero-order chi connectivity index (χ0) is 19.0. The van der Waals surface area contributed by atoms with Crippen LogP contribution in [0.5, 0.6) is 5.75 Å². The van der Waals surface area contributed by atoms with Gasteiger partial charge in [0.1, 0.15) is 0 Å². The fraction of sp³-hybridized carbons (Fsp3) is 0.0500. The first-order valence-corrected chi connectivity index (χ1v) is 8.20. The van der Waals surface area contributed by atoms with E-state index in [9.17, 15) is 14.7 Å². The Hall–Kier alpha value is -3.87. The fourth-order valence-corrected chi connectivity index (χ4v) is 2.89. The third-order valence-electron chi connectivity index (χ3n) is 4.25. The average molecular weight is 361 g/mol. The Morgan fingerprint density at radius 1 is 1.07 bits per heavy atom. The van der Waals surface area contributed by atoms with Crippen LogP contribution in [0.25, 0.3) is 0 Å². The molecule has 7 heteroatoms. The molecule has 0 aromatic heterocycles. The van der Waals surface area contributed by atoms with Crippen molar-refractivity contribution in [2.24, 2.45) is 5.10 Å². The molecule has 2 heterocycles. The molecule has 1 N–H and O–H groups in total. The van der Waals surface area contributed by atoms with Crippen LogP contribution < -0.4 is 14.6 Å². The number of ether oxygens (including phenoxy) is 1. The summed E-state index contributed by atoms with van der Waals surface area (Å²) in [6.07, 6.45) is 3.00. The summed E-state index contributed by atoms with van der Waals surface area (Å²) in [6.45, 7) is 0. The normalized spacial score (nSPS) is 18.7. The summed E-state index contributed by atoms with van der Waals surface area (Å²) in [5, 5.41) is 14.5. The van der Waals surface area contributed by atoms with Gasteiger partial charge < -0.3 is 14.7 Å². The largest absolute Gasteiger partial charge is 0.476 e. The van der Waals surface area contributed by atoms with Gasteiger partial charge in [0.15, 0.2) is 17.3 Å². The lowest BCUT2D eigenvalue weighted by molar-refractivity contribution is -0.129. The third-order valence-corrected chi connectivity index (χ3v) is 4.25. The van der Waals surface area contributed by atoms with Crippen LogP contribution in [0.2, 0.25) is 0 Å². The SMILES string of the molecule is CN1C(=CC=C2C(=O)N(c3ccccc3)N=C2C(=O)O)Oc2ccccc21. The van der Waals surface area contributed by atoms with Crippen LogP contribution in [0.1, 0.15) is 0 Å². The molecular weight excluding hydrogens is 346 g/mol. The minimum atomic E-state index is -1.27. The van der Waals surface area contributed by atoms with E-state index in [2.05, 4.69) is 5.10 Å². The molecule has 2 aliphatic rings. The molecule has 0 spiro atoms. The number of fused-ring (bicyclic) bond motifs is 1. The van der Waals surface area contributed by atoms with Crippen molar-refractivity contribution in [2.45, 2.75) is 0 Å². The number of benzene rings is 2. The number of hydrogen-bond donors (Lipinski definition) is 1. The number of carbonyl (C=O) groups is 2. The second kappa shape index (κ2) is 6.45. The Morgan fingerprint density at radius 2 is 1.78 bits per heavy atom. The van der Waals surface area contributed by atoms with Crippen LogP contribution in [0, 0.1) is 0 Å². The molecule has 0 aliphatic carbocycles. The summed E-state index contributed by atoms with van der Waals surface area (Å²) in [4.78, 5) is 26.1. The number of carboxylic acids is 1. The maximum Gasteiger partial charge on any atom is 0.357 e. The Kier molecular flexibility index (Phi) is 3.97. The number of carbonyl (C=O) groups excluding carboxylic acids is 1. The molecule has 0 saturated heterocycles. The van der Waals surface area contributed by atoms with Crippen LogP contribution in [0.4, 0.5) is 11.4 Å². The van der Waals surface area contributed by atoms with Gasteiger partial charge in [-0.15, -0.1) is 0 Å². The van der Waals surface area contributed by atoms with Gasteiger partial charge in [0, 0.05) is 7.05 Å². The molecule has 0 atom stereocenters. The number of aliphatic carboxylic acids is 1. The predicted octanol–water partition coefficient (Wildman–Crippen LogP) is 2.77. The van der Waals surface area contributed by atoms with E-state index in [1.54, 1.807) is 36.4 Å². The lowest BCUT2D eigenvalue weighted by Gasteiger charge is -2.11. The Balaban J connectivity index is 1.68. The maximum atomic E-state index is 12.7. The summed E-state index contributed by atoms with van der Waals surface area (Å²) >= 11 is 0. The summed E-state index contributed by atoms with van der Waals surface area (Å²) in [7, 11) is 1.83. The standard InChI is InChI=1S/C20H15N3O4/c1-22-15-9-5-6-10-16(15)27-17(22)12-11-14-18(20(25)26)21-23(19(14)24)13-7-3-2-4-8-13/h2-12H,1H3,(H,25,26). The van der Waals surface area contributed by atoms with Crippen molar-refractivity contribution in [3.8, 4) is 5.75 Å². The average Bonchev–Trinajstić information content (AvgIpc) is 3.18. The summed E-state index contributed by atoms with van der Waals surface area (Å²) in [6, 6.07) is 16.2. The number of rotatable bonds is 3. The lowest BCUT2D eigenvalue weighted by atomic mass is 10.1. The van der Waals surface area contributed by atoms with Crippen LogP contribution >= 0.6 is 0 Å². The zero-order valence-corrected chi connectivity index (χ0v) is 14.4. The van der Waals surface area contributed by atoms with Gasteiger partial charge in [-0.2, -0.15) is 10.1 Å². The molecule has 7 nitrogen and oxygen atoms in total. The number of nitrogens with zero attached hydrogens (tertiary/aromatic N) is 3. The first-order valence-electron chi connectivity index (χ1n) is 8.20. The quantitative estimate of drug-likeness (QED) is 0.850. The number of hydrogen-bond acceptors (Lipinski definition) is 5. The first-order chi connectivity index (χ1) is 13.1. The summed E-state index contributed by atoms with van der Waals surface area (Å²) in [5.74, 6) is -0.594. The van der Waals surface area contributed by atoms with E-state index in [0.717, 1.165) is 10.7 Å². The first kappa shape index (κ1) is 16.6. The van der Waals surface area contributed by atoms with Crippen molar-refractivity contribution in [1.29, 1.82) is 0 Å². The van der Waals surface area contributed by atoms with Crippen molar-refractivity contribution in [3.05, 3.63) is 78.2 Å². The van der Waals surface area contributed by atoms with Gasteiger partial charge in [-0.1, -0.05) is 30.3 Å². The van der Waals surface area contributed by atoms with Gasteiger partial charge in [0.25, 0.3) is 5.91 Å². The highest BCUT2D eigenvalue weighted by Crippen LogP contribution is 2.37. The van der Waals surface area contributed by atoms with Crippen LogP contribution in [0.3, 0.4) is 0 Å². The van der Waals surface area contributed by atoms with Gasteiger partial charge in [0.2, 0.25) is 0 Å². The topological polar surface area (TPSA) is 82.4 Å². The van der Waals surface area contributed by atoms with Crippen molar-refractivity contribution in [1.82, 2.24) is 0 Å². The highest BCUT2D eigenvalue weighted by Gasteiger charge is 2.35. The molecule has 27 heavy (non-hydrogen) atoms. The lowest BCUT2D eigenvalue weighted by Crippen LogP contribution is -2.22. The fourth-order valence-electron chi connectivity index (χ4n) is 2.89. The third kappa shape index (κ3) is 2.85. The Labute approximate surface area is 155 Å². The number of carboxylic acid groups (broad SMARTS) is 1. The highest BCUT2D eigenvalue weighted by molar-refractivity contribution is 6.52. The monoisotopic (exact) mass is 361 g/mol. The minimum Gasteiger partial charge on any atom is -0.476 e. The predicted molar refractivity (Wildman–Crippen MR) is 101 cm³/mol. The van der Waals surface area contributed by atoms with Crippen molar-refractivity contribution < 1.29 is 19.4 Å². The van der Waals surface area contributed by atoms with E-state index in [4.69, 9.17) is 4.74 Å². The second-order valence-electron chi connectivity index (χ2n) is 5.92. The van der Waals surface area contributed by atoms with Gasteiger partial charge in [-0.25, -0.2) is 4.79 Å². The van der Waals surface area contributed by atoms with E-state index in [-0.39, 0.29) is 11.3 Å². The van der Waals surface area contributed by atoms with E-state index >= 15 is 0 Å². The van der Waals surface area contributed by atoms with E-state index in [1.165, 1.54) is 6.08 Å². The van der Waals surface area contributed by atoms with Crippen molar-refractivity contribution >= 4 is 29.0 Å². The molecule has 0 radical (unpaired) electrons. The maximum absolute atomic E-state index is 12.7. The molecule has 4 rings (SSSR count). The van der Waals surface area contributed by atoms with Crippen LogP contribution in [-0.2, 0) is 9.59 Å². The van der Waals surface area contributed by atoms with E-state index in [1.807, 2.05) is 36.2 Å². The zero-order valence-electron chi connectivity index (χ0n) is 14.4. The number of anilines is 2. The molecule has 2 aliphatic heterocycles. The number of amides is 1. The number of para-hydroxylation sites is 3. The van der Waals surface area contributed by atoms with Gasteiger partial charge in [0.05, 0.1) is 16.9 Å². The van der Waals surface area contributed by atoms with E-state index in [0.29, 0.717) is 17.3 Å². The van der Waals surface area contributed by atoms with Crippen molar-refractivity contribution in [2.75, 3.05) is 17.0 Å². The molecule has 1 amide bonds. The molecule has 0 fully saturated rings. The molecule has 2 aromatic carbocycles. The number of allylic oxidation sites excluding steroid dienone is 2. The number of hydrazone groups is 1. The highest BCUT2D eigenvalue weighted by atomic mass is 16.5. The summed E-state index contributed by atoms with van der Waals surface area (Å²) < 4.78 is 5.75. The Bertz CT molecular complexity index is 1020. The second-order valence-corrected chi connectivity index (χ2v) is 5.92. The van der Waals surface area contributed by atoms with Crippen molar-refractivity contribution in [3.63, 3.8) is 0 Å². The van der Waals surface area contributed by atoms with Gasteiger partial charge in [-0.3, -0.25) is 4.79 Å². The van der Waals surface area contributed by atoms with Gasteiger partial charge in [-0.05, 0) is 36.4 Å². The molecule has 0 saturated carbocycles. The Morgan fingerprint density at radius 3 is 2.48 bits per heavy atom. The molecule has 0 bridgehead atoms. The molecular formula is C20H15N3O4. The van der Waals surface area contributed by atoms with Gasteiger partial charge >= 0.3 is 5.97 Å². The smallest absolute Gasteiger partial charge is 0.357 e. The van der Waals surface area contributed by atoms with Crippen LogP contribution in [0.15, 0.2) is 83.3 Å². The van der Waals surface area contributed by atoms with Crippen LogP contribution in [-0.4, -0.2) is 29.7 Å². The van der Waals surface area contributed by atoms with E-state index < -0.39 is 11.9 Å².